The minimum atomic E-state index is -3.75. The number of esters is 8. The fourth-order valence-electron chi connectivity index (χ4n) is 6.74. The highest BCUT2D eigenvalue weighted by Gasteiger charge is 2.66. The van der Waals surface area contributed by atoms with Crippen LogP contribution in [0.3, 0.4) is 0 Å². The van der Waals surface area contributed by atoms with Crippen LogP contribution >= 0.6 is 0 Å². The Morgan fingerprint density at radius 1 is 0.525 bits per heavy atom. The van der Waals surface area contributed by atoms with Gasteiger partial charge in [0.15, 0.2) is 42.4 Å². The van der Waals surface area contributed by atoms with E-state index in [1.807, 2.05) is 0 Å². The Balaban J connectivity index is 2.51. The molecular formula is C36H44O23. The summed E-state index contributed by atoms with van der Waals surface area (Å²) in [6.07, 6.45) is -20.4. The normalized spacial score (nSPS) is 30.6. The zero-order chi connectivity index (χ0) is 44.8. The molecule has 1 unspecified atom stereocenters. The van der Waals surface area contributed by atoms with Crippen LogP contribution in [0.4, 0.5) is 0 Å². The van der Waals surface area contributed by atoms with Gasteiger partial charge in [0.05, 0.1) is 5.57 Å². The Morgan fingerprint density at radius 3 is 1.27 bits per heavy atom. The molecule has 3 rings (SSSR count). The van der Waals surface area contributed by atoms with Gasteiger partial charge in [-0.15, -0.1) is 0 Å². The van der Waals surface area contributed by atoms with Crippen LogP contribution in [-0.4, -0.2) is 154 Å². The third kappa shape index (κ3) is 10.8. The molecule has 0 spiro atoms. The van der Waals surface area contributed by atoms with Gasteiger partial charge in [0.25, 0.3) is 0 Å². The first kappa shape index (κ1) is 47.4. The van der Waals surface area contributed by atoms with Crippen LogP contribution in [-0.2, 0) is 95.3 Å². The van der Waals surface area contributed by atoms with Gasteiger partial charge in [-0.1, -0.05) is 0 Å². The zero-order valence-electron chi connectivity index (χ0n) is 33.2. The molecule has 0 saturated carbocycles. The predicted molar refractivity (Wildman–Crippen MR) is 184 cm³/mol. The Labute approximate surface area is 334 Å². The SMILES string of the molecule is CC(=O)OC[C@H]1O[C@@H](C2(O)C(=O)C(C(C)=O)=C(O)C([C@@H]3O[C@H](COC(C)=O)[C@@H](OC(C)=O)[C@H](OC(C)=O)[C@H]3OC(C)=O)=C2O)[C@H](OC(C)=O)[C@@H](OC(C)=O)[C@@H]1OC(C)=O. The number of carbonyl (C=O) groups excluding carboxylic acids is 10. The summed E-state index contributed by atoms with van der Waals surface area (Å²) in [6.45, 7) is 6.28. The standard InChI is InChI=1S/C36H44O23/c1-12(37)23-25(46)24(28-31(56-19(8)44)29(54-17(6)42)26(52-15(4)40)21(58-28)10-50-13(2)38)34(48)36(49,33(23)47)35-32(57-20(9)45)30(55-18(7)43)27(53-16(5)41)22(59-35)11-51-14(3)39/h21-22,26-32,35,46,48-49H,10-11H2,1-9H3/t21-,22-,26-,27-,28+,29+,30+,31+,32-,35-,36?/m1/s1. The van der Waals surface area contributed by atoms with Crippen LogP contribution in [0.15, 0.2) is 22.7 Å². The number of ether oxygens (including phenoxy) is 10. The first-order chi connectivity index (χ1) is 27.3. The van der Waals surface area contributed by atoms with Gasteiger partial charge < -0.3 is 62.7 Å². The van der Waals surface area contributed by atoms with Crippen molar-refractivity contribution < 1.29 is 111 Å². The Morgan fingerprint density at radius 2 is 0.881 bits per heavy atom. The van der Waals surface area contributed by atoms with Crippen molar-refractivity contribution in [3.05, 3.63) is 22.7 Å². The summed E-state index contributed by atoms with van der Waals surface area (Å²) in [6, 6.07) is 0. The number of hydrogen-bond donors (Lipinski definition) is 3. The lowest BCUT2D eigenvalue weighted by atomic mass is 9.71. The van der Waals surface area contributed by atoms with E-state index >= 15 is 0 Å². The lowest BCUT2D eigenvalue weighted by Crippen LogP contribution is -2.71. The zero-order valence-corrected chi connectivity index (χ0v) is 33.2. The predicted octanol–water partition coefficient (Wildman–Crippen LogP) is -1.24. The summed E-state index contributed by atoms with van der Waals surface area (Å²) in [7, 11) is 0. The van der Waals surface area contributed by atoms with Gasteiger partial charge in [-0.25, -0.2) is 0 Å². The Bertz CT molecular complexity index is 1830. The topological polar surface area (TPSA) is 324 Å². The number of aliphatic hydroxyl groups excluding tert-OH is 2. The van der Waals surface area contributed by atoms with Crippen molar-refractivity contribution in [2.24, 2.45) is 0 Å². The molecule has 2 fully saturated rings. The first-order valence-electron chi connectivity index (χ1n) is 17.6. The average Bonchev–Trinajstić information content (AvgIpc) is 3.08. The number of aliphatic hydroxyl groups is 3. The van der Waals surface area contributed by atoms with Gasteiger partial charge in [-0.3, -0.25) is 47.9 Å². The summed E-state index contributed by atoms with van der Waals surface area (Å²) in [5, 5.41) is 36.5. The van der Waals surface area contributed by atoms with Crippen LogP contribution in [0.5, 0.6) is 0 Å². The third-order valence-electron chi connectivity index (χ3n) is 8.71. The second-order valence-corrected chi connectivity index (χ2v) is 13.4. The van der Waals surface area contributed by atoms with Crippen LogP contribution in [0, 0.1) is 0 Å². The molecule has 1 aliphatic carbocycles. The Hall–Kier alpha value is -5.94. The van der Waals surface area contributed by atoms with E-state index in [0.29, 0.717) is 0 Å². The molecule has 23 nitrogen and oxygen atoms in total. The fraction of sp³-hybridized carbons (Fsp3) is 0.611. The third-order valence-corrected chi connectivity index (χ3v) is 8.71. The summed E-state index contributed by atoms with van der Waals surface area (Å²) in [4.78, 5) is 126. The van der Waals surface area contributed by atoms with Gasteiger partial charge in [0.2, 0.25) is 11.4 Å². The van der Waals surface area contributed by atoms with Crippen LogP contribution in [0.2, 0.25) is 0 Å². The molecule has 3 aliphatic rings. The summed E-state index contributed by atoms with van der Waals surface area (Å²) in [5.41, 5.74) is -6.20. The van der Waals surface area contributed by atoms with E-state index in [-0.39, 0.29) is 0 Å². The largest absolute Gasteiger partial charge is 0.508 e. The van der Waals surface area contributed by atoms with Gasteiger partial charge >= 0.3 is 47.8 Å². The smallest absolute Gasteiger partial charge is 0.303 e. The van der Waals surface area contributed by atoms with E-state index in [2.05, 4.69) is 0 Å². The van der Waals surface area contributed by atoms with E-state index in [9.17, 15) is 63.3 Å². The highest BCUT2D eigenvalue weighted by molar-refractivity contribution is 6.25. The molecule has 0 aromatic carbocycles. The van der Waals surface area contributed by atoms with Crippen molar-refractivity contribution in [1.29, 1.82) is 0 Å². The van der Waals surface area contributed by atoms with Crippen LogP contribution in [0.1, 0.15) is 62.3 Å². The molecule has 23 heteroatoms. The molecule has 11 atom stereocenters. The number of rotatable bonds is 13. The number of Topliss-reactive ketones (excluding diaryl/α,β-unsaturated/α-hetero) is 2. The van der Waals surface area contributed by atoms with E-state index in [0.717, 1.165) is 62.3 Å². The number of ketones is 2. The minimum Gasteiger partial charge on any atom is -0.508 e. The molecule has 0 aromatic rings. The molecular weight excluding hydrogens is 800 g/mol. The van der Waals surface area contributed by atoms with E-state index in [4.69, 9.17) is 47.4 Å². The lowest BCUT2D eigenvalue weighted by Gasteiger charge is -2.50. The molecule has 0 bridgehead atoms. The van der Waals surface area contributed by atoms with Crippen molar-refractivity contribution in [2.45, 2.75) is 129 Å². The first-order valence-corrected chi connectivity index (χ1v) is 17.6. The summed E-state index contributed by atoms with van der Waals surface area (Å²) in [5.74, 6) is -14.7. The Kier molecular flexibility index (Phi) is 15.4. The monoisotopic (exact) mass is 844 g/mol. The summed E-state index contributed by atoms with van der Waals surface area (Å²) < 4.78 is 54.3. The maximum atomic E-state index is 14.4. The molecule has 2 saturated heterocycles. The lowest BCUT2D eigenvalue weighted by molar-refractivity contribution is -0.276. The molecule has 3 N–H and O–H groups in total. The van der Waals surface area contributed by atoms with Crippen LogP contribution in [0.25, 0.3) is 0 Å². The van der Waals surface area contributed by atoms with Crippen molar-refractivity contribution in [1.82, 2.24) is 0 Å². The molecule has 326 valence electrons. The average molecular weight is 845 g/mol. The van der Waals surface area contributed by atoms with Crippen molar-refractivity contribution in [3.63, 3.8) is 0 Å². The molecule has 59 heavy (non-hydrogen) atoms. The van der Waals surface area contributed by atoms with Gasteiger partial charge in [0, 0.05) is 55.4 Å². The van der Waals surface area contributed by atoms with E-state index in [1.54, 1.807) is 0 Å². The maximum Gasteiger partial charge on any atom is 0.303 e. The van der Waals surface area contributed by atoms with Gasteiger partial charge in [0.1, 0.15) is 54.7 Å². The van der Waals surface area contributed by atoms with Gasteiger partial charge in [-0.05, 0) is 6.92 Å². The molecule has 0 amide bonds. The van der Waals surface area contributed by atoms with Crippen molar-refractivity contribution in [3.8, 4) is 0 Å². The van der Waals surface area contributed by atoms with Crippen LogP contribution < -0.4 is 0 Å². The van der Waals surface area contributed by atoms with Crippen molar-refractivity contribution in [2.75, 3.05) is 13.2 Å². The summed E-state index contributed by atoms with van der Waals surface area (Å²) >= 11 is 0. The molecule has 0 aromatic heterocycles. The second-order valence-electron chi connectivity index (χ2n) is 13.4. The fourth-order valence-corrected chi connectivity index (χ4v) is 6.74. The highest BCUT2D eigenvalue weighted by atomic mass is 16.7. The van der Waals surface area contributed by atoms with E-state index < -0.39 is 162 Å². The maximum absolute atomic E-state index is 14.4. The molecule has 0 radical (unpaired) electrons. The molecule has 2 aliphatic heterocycles. The van der Waals surface area contributed by atoms with E-state index in [1.165, 1.54) is 0 Å². The minimum absolute atomic E-state index is 0.740. The highest BCUT2D eigenvalue weighted by Crippen LogP contribution is 2.46. The second kappa shape index (κ2) is 19.2. The quantitative estimate of drug-likeness (QED) is 0.111. The van der Waals surface area contributed by atoms with Gasteiger partial charge in [-0.2, -0.15) is 0 Å². The number of hydrogen-bond acceptors (Lipinski definition) is 23. The molecule has 2 heterocycles. The number of carbonyl (C=O) groups is 10. The van der Waals surface area contributed by atoms with Crippen molar-refractivity contribution >= 4 is 59.3 Å².